The number of ether oxygens (including phenoxy) is 1. The zero-order chi connectivity index (χ0) is 9.14. The average Bonchev–Trinajstić information content (AvgIpc) is 1.98. The molecule has 3 nitrogen and oxygen atoms in total. The molecule has 0 aliphatic heterocycles. The molecule has 1 aromatic heterocycles. The van der Waals surface area contributed by atoms with E-state index < -0.39 is 6.61 Å². The zero-order valence-corrected chi connectivity index (χ0v) is 6.42. The van der Waals surface area contributed by atoms with Crippen LogP contribution in [0.15, 0.2) is 12.4 Å². The molecule has 66 valence electrons. The molecule has 0 saturated carbocycles. The first-order valence-corrected chi connectivity index (χ1v) is 3.26. The van der Waals surface area contributed by atoms with E-state index >= 15 is 0 Å². The van der Waals surface area contributed by atoms with Gasteiger partial charge in [0, 0.05) is 5.56 Å². The lowest BCUT2D eigenvalue weighted by atomic mass is 10.2. The largest absolute Gasteiger partial charge is 0.433 e. The maximum atomic E-state index is 11.7. The first-order chi connectivity index (χ1) is 5.61. The van der Waals surface area contributed by atoms with Gasteiger partial charge in [-0.3, -0.25) is 4.98 Å². The fourth-order valence-electron chi connectivity index (χ4n) is 0.736. The number of halogens is 2. The van der Waals surface area contributed by atoms with Crippen LogP contribution in [0.4, 0.5) is 14.5 Å². The monoisotopic (exact) mass is 174 g/mol. The van der Waals surface area contributed by atoms with Crippen LogP contribution >= 0.6 is 0 Å². The Morgan fingerprint density at radius 1 is 1.50 bits per heavy atom. The molecular weight excluding hydrogens is 166 g/mol. The molecule has 12 heavy (non-hydrogen) atoms. The Morgan fingerprint density at radius 3 is 2.75 bits per heavy atom. The summed E-state index contributed by atoms with van der Waals surface area (Å²) in [5.74, 6) is 0.0185. The number of anilines is 1. The number of nitrogen functional groups attached to an aromatic ring is 1. The highest BCUT2D eigenvalue weighted by molar-refractivity contribution is 5.50. The van der Waals surface area contributed by atoms with E-state index in [1.807, 2.05) is 0 Å². The second kappa shape index (κ2) is 3.34. The van der Waals surface area contributed by atoms with Crippen LogP contribution in [0.3, 0.4) is 0 Å². The van der Waals surface area contributed by atoms with Gasteiger partial charge in [0.1, 0.15) is 5.75 Å². The molecular formula is C7H8F2N2O. The number of rotatable bonds is 2. The zero-order valence-electron chi connectivity index (χ0n) is 6.42. The summed E-state index contributed by atoms with van der Waals surface area (Å²) in [5.41, 5.74) is 6.23. The van der Waals surface area contributed by atoms with Crippen LogP contribution in [0.1, 0.15) is 5.56 Å². The second-order valence-corrected chi connectivity index (χ2v) is 2.23. The van der Waals surface area contributed by atoms with E-state index in [2.05, 4.69) is 9.72 Å². The van der Waals surface area contributed by atoms with Crippen LogP contribution in [0.25, 0.3) is 0 Å². The molecule has 0 amide bonds. The van der Waals surface area contributed by atoms with E-state index in [-0.39, 0.29) is 5.75 Å². The average molecular weight is 174 g/mol. The molecule has 5 heteroatoms. The molecule has 0 unspecified atom stereocenters. The molecule has 1 aromatic rings. The maximum Gasteiger partial charge on any atom is 0.387 e. The number of hydrogen-bond donors (Lipinski definition) is 1. The number of nitrogens with two attached hydrogens (primary N) is 1. The van der Waals surface area contributed by atoms with Crippen molar-refractivity contribution in [2.24, 2.45) is 0 Å². The number of alkyl halides is 2. The number of hydrogen-bond acceptors (Lipinski definition) is 3. The van der Waals surface area contributed by atoms with Crippen molar-refractivity contribution in [2.45, 2.75) is 13.5 Å². The molecule has 1 rings (SSSR count). The van der Waals surface area contributed by atoms with Gasteiger partial charge in [-0.05, 0) is 6.92 Å². The fraction of sp³-hybridized carbons (Fsp3) is 0.286. The van der Waals surface area contributed by atoms with E-state index in [1.165, 1.54) is 12.4 Å². The minimum atomic E-state index is -2.84. The fourth-order valence-corrected chi connectivity index (χ4v) is 0.736. The van der Waals surface area contributed by atoms with Crippen LogP contribution in [-0.4, -0.2) is 11.6 Å². The van der Waals surface area contributed by atoms with Crippen LogP contribution in [-0.2, 0) is 0 Å². The van der Waals surface area contributed by atoms with Crippen molar-refractivity contribution in [2.75, 3.05) is 5.73 Å². The normalized spacial score (nSPS) is 10.3. The second-order valence-electron chi connectivity index (χ2n) is 2.23. The quantitative estimate of drug-likeness (QED) is 0.740. The van der Waals surface area contributed by atoms with Gasteiger partial charge in [0.15, 0.2) is 0 Å². The molecule has 0 spiro atoms. The van der Waals surface area contributed by atoms with E-state index in [4.69, 9.17) is 5.73 Å². The maximum absolute atomic E-state index is 11.7. The van der Waals surface area contributed by atoms with Crippen LogP contribution in [0.2, 0.25) is 0 Å². The van der Waals surface area contributed by atoms with E-state index in [1.54, 1.807) is 6.92 Å². The summed E-state index contributed by atoms with van der Waals surface area (Å²) in [7, 11) is 0. The van der Waals surface area contributed by atoms with Crippen molar-refractivity contribution in [3.05, 3.63) is 18.0 Å². The van der Waals surface area contributed by atoms with Crippen LogP contribution in [0.5, 0.6) is 5.75 Å². The number of nitrogens with zero attached hydrogens (tertiary/aromatic N) is 1. The van der Waals surface area contributed by atoms with Gasteiger partial charge < -0.3 is 10.5 Å². The Bertz CT molecular complexity index is 278. The van der Waals surface area contributed by atoms with Crippen molar-refractivity contribution in [1.29, 1.82) is 0 Å². The third-order valence-corrected chi connectivity index (χ3v) is 1.42. The van der Waals surface area contributed by atoms with Crippen LogP contribution in [0, 0.1) is 6.92 Å². The lowest BCUT2D eigenvalue weighted by Gasteiger charge is -2.07. The molecule has 0 radical (unpaired) electrons. The summed E-state index contributed by atoms with van der Waals surface area (Å²) < 4.78 is 27.6. The van der Waals surface area contributed by atoms with Gasteiger partial charge in [-0.1, -0.05) is 0 Å². The number of pyridine rings is 1. The van der Waals surface area contributed by atoms with Gasteiger partial charge in [-0.25, -0.2) is 0 Å². The van der Waals surface area contributed by atoms with Crippen molar-refractivity contribution in [3.8, 4) is 5.75 Å². The summed E-state index contributed by atoms with van der Waals surface area (Å²) in [6.07, 6.45) is 2.59. The Balaban J connectivity index is 2.92. The molecule has 0 aromatic carbocycles. The third-order valence-electron chi connectivity index (χ3n) is 1.42. The highest BCUT2D eigenvalue weighted by atomic mass is 19.3. The Labute approximate surface area is 68.2 Å². The van der Waals surface area contributed by atoms with Gasteiger partial charge in [-0.15, -0.1) is 0 Å². The third kappa shape index (κ3) is 1.81. The highest BCUT2D eigenvalue weighted by Gasteiger charge is 2.08. The summed E-state index contributed by atoms with van der Waals surface area (Å²) in [4.78, 5) is 3.61. The Morgan fingerprint density at radius 2 is 2.17 bits per heavy atom. The van der Waals surface area contributed by atoms with E-state index in [0.29, 0.717) is 11.3 Å². The summed E-state index contributed by atoms with van der Waals surface area (Å²) in [6, 6.07) is 0. The van der Waals surface area contributed by atoms with E-state index in [0.717, 1.165) is 0 Å². The molecule has 0 aliphatic carbocycles. The smallest absolute Gasteiger partial charge is 0.387 e. The SMILES string of the molecule is Cc1c(N)cncc1OC(F)F. The summed E-state index contributed by atoms with van der Waals surface area (Å²) >= 11 is 0. The Kier molecular flexibility index (Phi) is 2.42. The first-order valence-electron chi connectivity index (χ1n) is 3.26. The molecule has 0 atom stereocenters. The van der Waals surface area contributed by atoms with Crippen LogP contribution < -0.4 is 10.5 Å². The first kappa shape index (κ1) is 8.70. The minimum Gasteiger partial charge on any atom is -0.433 e. The minimum absolute atomic E-state index is 0.0185. The van der Waals surface area contributed by atoms with Crippen molar-refractivity contribution in [3.63, 3.8) is 0 Å². The molecule has 1 heterocycles. The molecule has 0 fully saturated rings. The number of aromatic nitrogens is 1. The van der Waals surface area contributed by atoms with Gasteiger partial charge >= 0.3 is 6.61 Å². The Hall–Kier alpha value is -1.39. The van der Waals surface area contributed by atoms with Crippen molar-refractivity contribution < 1.29 is 13.5 Å². The molecule has 0 aliphatic rings. The molecule has 0 bridgehead atoms. The summed E-state index contributed by atoms with van der Waals surface area (Å²) in [5, 5.41) is 0. The van der Waals surface area contributed by atoms with Crippen molar-refractivity contribution in [1.82, 2.24) is 4.98 Å². The van der Waals surface area contributed by atoms with Gasteiger partial charge in [0.05, 0.1) is 18.1 Å². The van der Waals surface area contributed by atoms with E-state index in [9.17, 15) is 8.78 Å². The van der Waals surface area contributed by atoms with Crippen molar-refractivity contribution >= 4 is 5.69 Å². The van der Waals surface area contributed by atoms with Gasteiger partial charge in [0.25, 0.3) is 0 Å². The molecule has 2 N–H and O–H groups in total. The summed E-state index contributed by atoms with van der Waals surface area (Å²) in [6.45, 7) is -1.25. The topological polar surface area (TPSA) is 48.1 Å². The van der Waals surface area contributed by atoms with Gasteiger partial charge in [0.2, 0.25) is 0 Å². The molecule has 0 saturated heterocycles. The predicted molar refractivity (Wildman–Crippen MR) is 40.0 cm³/mol. The van der Waals surface area contributed by atoms with Gasteiger partial charge in [-0.2, -0.15) is 8.78 Å². The predicted octanol–water partition coefficient (Wildman–Crippen LogP) is 1.57. The lowest BCUT2D eigenvalue weighted by Crippen LogP contribution is -2.05. The highest BCUT2D eigenvalue weighted by Crippen LogP contribution is 2.22. The lowest BCUT2D eigenvalue weighted by molar-refractivity contribution is -0.0504. The standard InChI is InChI=1S/C7H8F2N2O/c1-4-5(10)2-11-3-6(4)12-7(8)9/h2-3,7H,10H2,1H3.